The molecule has 0 spiro atoms. The molecule has 0 aromatic carbocycles. The maximum absolute atomic E-state index is 6.05. The monoisotopic (exact) mass is 340 g/mol. The Balaban J connectivity index is 1.98. The minimum absolute atomic E-state index is 0.142. The molecule has 1 aliphatic rings. The summed E-state index contributed by atoms with van der Waals surface area (Å²) in [6.07, 6.45) is 2.11. The average Bonchev–Trinajstić information content (AvgIpc) is 2.84. The van der Waals surface area contributed by atoms with Gasteiger partial charge in [0, 0.05) is 34.7 Å². The van der Waals surface area contributed by atoms with Crippen LogP contribution in [0, 0.1) is 0 Å². The molecule has 19 heavy (non-hydrogen) atoms. The van der Waals surface area contributed by atoms with Gasteiger partial charge in [-0.2, -0.15) is 0 Å². The molecule has 0 amide bonds. The number of halogens is 1. The van der Waals surface area contributed by atoms with Crippen molar-refractivity contribution in [3.8, 4) is 0 Å². The van der Waals surface area contributed by atoms with Gasteiger partial charge in [0.25, 0.3) is 0 Å². The number of alkyl halides is 1. The van der Waals surface area contributed by atoms with Gasteiger partial charge in [-0.15, -0.1) is 11.3 Å². The van der Waals surface area contributed by atoms with Crippen LogP contribution in [0.1, 0.15) is 13.8 Å². The van der Waals surface area contributed by atoms with Gasteiger partial charge in [-0.1, -0.05) is 15.9 Å². The van der Waals surface area contributed by atoms with E-state index in [2.05, 4.69) is 57.2 Å². The Hall–Kier alpha value is -0.650. The first-order valence-corrected chi connectivity index (χ1v) is 8.40. The Morgan fingerprint density at radius 1 is 1.53 bits per heavy atom. The molecule has 3 nitrogen and oxygen atoms in total. The number of hydrogen-bond donors (Lipinski definition) is 0. The fraction of sp³-hybridized carbons (Fsp3) is 0.500. The van der Waals surface area contributed by atoms with Crippen molar-refractivity contribution in [2.75, 3.05) is 23.3 Å². The number of rotatable bonds is 2. The molecule has 102 valence electrons. The lowest BCUT2D eigenvalue weighted by Crippen LogP contribution is -2.53. The van der Waals surface area contributed by atoms with E-state index in [1.54, 1.807) is 11.3 Å². The highest BCUT2D eigenvalue weighted by atomic mass is 79.9. The van der Waals surface area contributed by atoms with E-state index >= 15 is 0 Å². The smallest absolute Gasteiger partial charge is 0.137 e. The van der Waals surface area contributed by atoms with Gasteiger partial charge in [0.1, 0.15) is 5.82 Å². The molecule has 1 unspecified atom stereocenters. The summed E-state index contributed by atoms with van der Waals surface area (Å²) in [5, 5.41) is 4.23. The van der Waals surface area contributed by atoms with Gasteiger partial charge in [0.15, 0.2) is 0 Å². The molecule has 2 aromatic rings. The molecule has 1 aliphatic heterocycles. The second kappa shape index (κ2) is 5.04. The number of nitrogens with zero attached hydrogens (tertiary/aromatic N) is 2. The maximum atomic E-state index is 6.05. The zero-order valence-corrected chi connectivity index (χ0v) is 13.5. The largest absolute Gasteiger partial charge is 0.368 e. The van der Waals surface area contributed by atoms with Crippen LogP contribution in [0.5, 0.6) is 0 Å². The SMILES string of the molecule is CC1(C)CN(c2nccc3sccc23)CC(CBr)O1. The first kappa shape index (κ1) is 13.3. The second-order valence-corrected chi connectivity index (χ2v) is 7.10. The summed E-state index contributed by atoms with van der Waals surface area (Å²) >= 11 is 5.30. The Morgan fingerprint density at radius 3 is 3.16 bits per heavy atom. The topological polar surface area (TPSA) is 25.4 Å². The number of ether oxygens (including phenoxy) is 1. The normalized spacial score (nSPS) is 22.9. The van der Waals surface area contributed by atoms with E-state index < -0.39 is 0 Å². The highest BCUT2D eigenvalue weighted by molar-refractivity contribution is 9.09. The van der Waals surface area contributed by atoms with Crippen LogP contribution in [-0.4, -0.2) is 35.1 Å². The van der Waals surface area contributed by atoms with Crippen LogP contribution < -0.4 is 4.90 Å². The summed E-state index contributed by atoms with van der Waals surface area (Å²) in [6, 6.07) is 4.24. The molecule has 3 heterocycles. The summed E-state index contributed by atoms with van der Waals surface area (Å²) < 4.78 is 7.35. The van der Waals surface area contributed by atoms with Crippen molar-refractivity contribution in [1.29, 1.82) is 0 Å². The van der Waals surface area contributed by atoms with Gasteiger partial charge in [-0.3, -0.25) is 0 Å². The molecular formula is C14H17BrN2OS. The molecule has 3 rings (SSSR count). The van der Waals surface area contributed by atoms with Crippen LogP contribution in [0.3, 0.4) is 0 Å². The van der Waals surface area contributed by atoms with Gasteiger partial charge in [-0.05, 0) is 31.4 Å². The lowest BCUT2D eigenvalue weighted by atomic mass is 10.1. The number of hydrogen-bond acceptors (Lipinski definition) is 4. The molecule has 2 aromatic heterocycles. The molecule has 0 bridgehead atoms. The lowest BCUT2D eigenvalue weighted by Gasteiger charge is -2.43. The summed E-state index contributed by atoms with van der Waals surface area (Å²) in [5.41, 5.74) is -0.142. The van der Waals surface area contributed by atoms with E-state index in [1.807, 2.05) is 6.20 Å². The number of morpholine rings is 1. The van der Waals surface area contributed by atoms with Crippen LogP contribution in [0.25, 0.3) is 10.1 Å². The van der Waals surface area contributed by atoms with Crippen LogP contribution in [-0.2, 0) is 4.74 Å². The third kappa shape index (κ3) is 2.64. The van der Waals surface area contributed by atoms with Gasteiger partial charge >= 0.3 is 0 Å². The van der Waals surface area contributed by atoms with E-state index in [0.717, 1.165) is 24.2 Å². The molecule has 1 atom stereocenters. The van der Waals surface area contributed by atoms with Crippen LogP contribution in [0.4, 0.5) is 5.82 Å². The zero-order chi connectivity index (χ0) is 13.5. The molecule has 1 fully saturated rings. The second-order valence-electron chi connectivity index (χ2n) is 5.50. The summed E-state index contributed by atoms with van der Waals surface area (Å²) in [7, 11) is 0. The summed E-state index contributed by atoms with van der Waals surface area (Å²) in [5.74, 6) is 1.08. The van der Waals surface area contributed by atoms with Crippen molar-refractivity contribution < 1.29 is 4.74 Å². The van der Waals surface area contributed by atoms with E-state index in [9.17, 15) is 0 Å². The summed E-state index contributed by atoms with van der Waals surface area (Å²) in [4.78, 5) is 6.95. The first-order valence-electron chi connectivity index (χ1n) is 6.40. The van der Waals surface area contributed by atoms with Crippen LogP contribution in [0.15, 0.2) is 23.7 Å². The Bertz CT molecular complexity index is 584. The average molecular weight is 341 g/mol. The van der Waals surface area contributed by atoms with Crippen molar-refractivity contribution in [2.45, 2.75) is 25.6 Å². The number of aromatic nitrogens is 1. The van der Waals surface area contributed by atoms with E-state index in [-0.39, 0.29) is 11.7 Å². The van der Waals surface area contributed by atoms with Crippen molar-refractivity contribution in [2.24, 2.45) is 0 Å². The summed E-state index contributed by atoms with van der Waals surface area (Å²) in [6.45, 7) is 6.04. The molecule has 0 aliphatic carbocycles. The third-order valence-corrected chi connectivity index (χ3v) is 4.92. The molecular weight excluding hydrogens is 324 g/mol. The van der Waals surface area contributed by atoms with Crippen LogP contribution in [0.2, 0.25) is 0 Å². The predicted molar refractivity (Wildman–Crippen MR) is 84.6 cm³/mol. The number of fused-ring (bicyclic) bond motifs is 1. The van der Waals surface area contributed by atoms with Gasteiger partial charge in [-0.25, -0.2) is 4.98 Å². The Morgan fingerprint density at radius 2 is 2.37 bits per heavy atom. The Kier molecular flexibility index (Phi) is 3.53. The molecule has 5 heteroatoms. The van der Waals surface area contributed by atoms with Crippen molar-refractivity contribution in [3.63, 3.8) is 0 Å². The van der Waals surface area contributed by atoms with Crippen molar-refractivity contribution >= 4 is 43.2 Å². The fourth-order valence-corrected chi connectivity index (χ4v) is 3.78. The number of thiophene rings is 1. The highest BCUT2D eigenvalue weighted by Gasteiger charge is 2.34. The van der Waals surface area contributed by atoms with Gasteiger partial charge in [0.2, 0.25) is 0 Å². The predicted octanol–water partition coefficient (Wildman–Crippen LogP) is 3.68. The fourth-order valence-electron chi connectivity index (χ4n) is 2.67. The molecule has 0 radical (unpaired) electrons. The van der Waals surface area contributed by atoms with Gasteiger partial charge < -0.3 is 9.64 Å². The minimum atomic E-state index is -0.142. The number of anilines is 1. The lowest BCUT2D eigenvalue weighted by molar-refractivity contribution is -0.0725. The van der Waals surface area contributed by atoms with E-state index in [1.165, 1.54) is 10.1 Å². The first-order chi connectivity index (χ1) is 9.09. The van der Waals surface area contributed by atoms with Crippen molar-refractivity contribution in [1.82, 2.24) is 4.98 Å². The standard InChI is InChI=1S/C14H17BrN2OS/c1-14(2)9-17(8-10(7-15)18-14)13-11-4-6-19-12(11)3-5-16-13/h3-6,10H,7-9H2,1-2H3. The van der Waals surface area contributed by atoms with Crippen molar-refractivity contribution in [3.05, 3.63) is 23.7 Å². The van der Waals surface area contributed by atoms with Crippen LogP contribution >= 0.6 is 27.3 Å². The maximum Gasteiger partial charge on any atom is 0.137 e. The highest BCUT2D eigenvalue weighted by Crippen LogP contribution is 2.32. The van der Waals surface area contributed by atoms with E-state index in [0.29, 0.717) is 0 Å². The third-order valence-electron chi connectivity index (χ3n) is 3.31. The molecule has 1 saturated heterocycles. The van der Waals surface area contributed by atoms with Gasteiger partial charge in [0.05, 0.1) is 11.7 Å². The molecule has 0 N–H and O–H groups in total. The minimum Gasteiger partial charge on any atom is -0.368 e. The zero-order valence-electron chi connectivity index (χ0n) is 11.1. The number of pyridine rings is 1. The quantitative estimate of drug-likeness (QED) is 0.780. The Labute approximate surface area is 125 Å². The van der Waals surface area contributed by atoms with E-state index in [4.69, 9.17) is 4.74 Å². The molecule has 0 saturated carbocycles.